The molecule has 0 radical (unpaired) electrons. The molecule has 0 fully saturated rings. The SMILES string of the molecule is Clc1ccc(C(=C=CBr)c2ccc(Cl)cc2)cc1. The zero-order valence-corrected chi connectivity index (χ0v) is 12.4. The van der Waals surface area contributed by atoms with Gasteiger partial charge in [0.1, 0.15) is 0 Å². The van der Waals surface area contributed by atoms with E-state index < -0.39 is 0 Å². The van der Waals surface area contributed by atoms with E-state index in [2.05, 4.69) is 21.7 Å². The Morgan fingerprint density at radius 3 is 1.56 bits per heavy atom. The molecule has 90 valence electrons. The van der Waals surface area contributed by atoms with Gasteiger partial charge in [-0.15, -0.1) is 5.73 Å². The fraction of sp³-hybridized carbons (Fsp3) is 0. The largest absolute Gasteiger partial charge is 0.104 e. The highest BCUT2D eigenvalue weighted by Gasteiger charge is 2.04. The van der Waals surface area contributed by atoms with Gasteiger partial charge in [-0.2, -0.15) is 0 Å². The van der Waals surface area contributed by atoms with Crippen LogP contribution in [0.2, 0.25) is 10.0 Å². The van der Waals surface area contributed by atoms with Crippen molar-refractivity contribution in [2.45, 2.75) is 0 Å². The van der Waals surface area contributed by atoms with E-state index >= 15 is 0 Å². The lowest BCUT2D eigenvalue weighted by Crippen LogP contribution is -1.86. The Morgan fingerprint density at radius 1 is 0.833 bits per heavy atom. The first-order chi connectivity index (χ1) is 8.70. The summed E-state index contributed by atoms with van der Waals surface area (Å²) >= 11 is 15.1. The van der Waals surface area contributed by atoms with Crippen LogP contribution in [0.4, 0.5) is 0 Å². The van der Waals surface area contributed by atoms with E-state index in [9.17, 15) is 0 Å². The molecular weight excluding hydrogens is 331 g/mol. The number of hydrogen-bond donors (Lipinski definition) is 0. The smallest absolute Gasteiger partial charge is 0.0406 e. The predicted octanol–water partition coefficient (Wildman–Crippen LogP) is 5.93. The van der Waals surface area contributed by atoms with Crippen LogP contribution in [0.3, 0.4) is 0 Å². The molecular formula is C15H9BrCl2. The molecule has 0 nitrogen and oxygen atoms in total. The Labute approximate surface area is 125 Å². The summed E-state index contributed by atoms with van der Waals surface area (Å²) in [4.78, 5) is 1.71. The van der Waals surface area contributed by atoms with Crippen molar-refractivity contribution >= 4 is 44.7 Å². The van der Waals surface area contributed by atoms with Crippen molar-refractivity contribution in [1.82, 2.24) is 0 Å². The minimum absolute atomic E-state index is 0.719. The Balaban J connectivity index is 2.50. The van der Waals surface area contributed by atoms with Crippen LogP contribution in [0.5, 0.6) is 0 Å². The Hall–Kier alpha value is -0.980. The second-order valence-electron chi connectivity index (χ2n) is 3.64. The van der Waals surface area contributed by atoms with E-state index in [-0.39, 0.29) is 0 Å². The first-order valence-corrected chi connectivity index (χ1v) is 6.95. The molecule has 0 atom stereocenters. The fourth-order valence-electron chi connectivity index (χ4n) is 1.62. The van der Waals surface area contributed by atoms with Crippen LogP contribution in [0.15, 0.2) is 59.2 Å². The van der Waals surface area contributed by atoms with E-state index in [1.807, 2.05) is 48.5 Å². The Bertz CT molecular complexity index is 544. The number of halogens is 3. The van der Waals surface area contributed by atoms with Gasteiger partial charge in [-0.05, 0) is 35.4 Å². The number of benzene rings is 2. The van der Waals surface area contributed by atoms with Crippen LogP contribution in [-0.4, -0.2) is 0 Å². The summed E-state index contributed by atoms with van der Waals surface area (Å²) in [5, 5.41) is 1.44. The van der Waals surface area contributed by atoms with Gasteiger partial charge in [-0.1, -0.05) is 63.4 Å². The van der Waals surface area contributed by atoms with Gasteiger partial charge in [0.2, 0.25) is 0 Å². The second kappa shape index (κ2) is 6.26. The molecule has 0 N–H and O–H groups in total. The molecule has 2 aromatic rings. The molecule has 0 saturated heterocycles. The van der Waals surface area contributed by atoms with Crippen molar-refractivity contribution in [3.8, 4) is 0 Å². The normalized spacial score (nSPS) is 9.72. The molecule has 0 aromatic heterocycles. The summed E-state index contributed by atoms with van der Waals surface area (Å²) in [7, 11) is 0. The highest BCUT2D eigenvalue weighted by Crippen LogP contribution is 2.25. The molecule has 0 spiro atoms. The zero-order valence-electron chi connectivity index (χ0n) is 9.33. The van der Waals surface area contributed by atoms with Gasteiger partial charge in [0, 0.05) is 20.6 Å². The molecule has 3 heteroatoms. The van der Waals surface area contributed by atoms with E-state index in [0.29, 0.717) is 0 Å². The van der Waals surface area contributed by atoms with Crippen molar-refractivity contribution in [3.05, 3.63) is 80.4 Å². The third-order valence-electron chi connectivity index (χ3n) is 2.46. The lowest BCUT2D eigenvalue weighted by Gasteiger charge is -2.06. The molecule has 0 bridgehead atoms. The standard InChI is InChI=1S/C15H9BrCl2/c16-10-9-15(11-1-5-13(17)6-2-11)12-3-7-14(18)8-4-12/h1-8,10H. The van der Waals surface area contributed by atoms with E-state index in [4.69, 9.17) is 23.2 Å². The highest BCUT2D eigenvalue weighted by molar-refractivity contribution is 9.11. The van der Waals surface area contributed by atoms with Gasteiger partial charge in [0.25, 0.3) is 0 Å². The average molecular weight is 340 g/mol. The molecule has 0 heterocycles. The summed E-state index contributed by atoms with van der Waals surface area (Å²) in [5.41, 5.74) is 6.27. The Kier molecular flexibility index (Phi) is 4.68. The van der Waals surface area contributed by atoms with Gasteiger partial charge in [-0.3, -0.25) is 0 Å². The molecule has 0 aliphatic carbocycles. The molecule has 0 unspecified atom stereocenters. The van der Waals surface area contributed by atoms with Crippen LogP contribution >= 0.6 is 39.1 Å². The molecule has 18 heavy (non-hydrogen) atoms. The van der Waals surface area contributed by atoms with E-state index in [1.54, 1.807) is 4.99 Å². The third kappa shape index (κ3) is 3.28. The van der Waals surface area contributed by atoms with Crippen LogP contribution in [0.25, 0.3) is 5.57 Å². The first kappa shape index (κ1) is 13.5. The molecule has 2 aromatic carbocycles. The van der Waals surface area contributed by atoms with Crippen LogP contribution in [0, 0.1) is 0 Å². The Morgan fingerprint density at radius 2 is 1.22 bits per heavy atom. The second-order valence-corrected chi connectivity index (χ2v) is 4.97. The summed E-state index contributed by atoms with van der Waals surface area (Å²) in [6.45, 7) is 0. The fourth-order valence-corrected chi connectivity index (χ4v) is 2.10. The van der Waals surface area contributed by atoms with Crippen LogP contribution in [0.1, 0.15) is 11.1 Å². The zero-order chi connectivity index (χ0) is 13.0. The maximum absolute atomic E-state index is 5.90. The maximum atomic E-state index is 5.90. The molecule has 0 saturated carbocycles. The topological polar surface area (TPSA) is 0 Å². The lowest BCUT2D eigenvalue weighted by atomic mass is 9.99. The van der Waals surface area contributed by atoms with Gasteiger partial charge in [-0.25, -0.2) is 0 Å². The molecule has 0 aliphatic heterocycles. The summed E-state index contributed by atoms with van der Waals surface area (Å²) in [6, 6.07) is 15.3. The van der Waals surface area contributed by atoms with Crippen LogP contribution in [-0.2, 0) is 0 Å². The quantitative estimate of drug-likeness (QED) is 0.594. The first-order valence-electron chi connectivity index (χ1n) is 5.28. The summed E-state index contributed by atoms with van der Waals surface area (Å²) in [5.74, 6) is 0. The van der Waals surface area contributed by atoms with Crippen molar-refractivity contribution in [2.24, 2.45) is 0 Å². The van der Waals surface area contributed by atoms with Gasteiger partial charge in [0.15, 0.2) is 0 Å². The molecule has 0 amide bonds. The number of hydrogen-bond acceptors (Lipinski definition) is 0. The van der Waals surface area contributed by atoms with Gasteiger partial charge in [0.05, 0.1) is 0 Å². The third-order valence-corrected chi connectivity index (χ3v) is 3.20. The van der Waals surface area contributed by atoms with Crippen molar-refractivity contribution < 1.29 is 0 Å². The summed E-state index contributed by atoms with van der Waals surface area (Å²) < 4.78 is 0. The van der Waals surface area contributed by atoms with E-state index in [0.717, 1.165) is 26.7 Å². The number of rotatable bonds is 2. The predicted molar refractivity (Wildman–Crippen MR) is 82.4 cm³/mol. The van der Waals surface area contributed by atoms with Crippen molar-refractivity contribution in [2.75, 3.05) is 0 Å². The van der Waals surface area contributed by atoms with Crippen molar-refractivity contribution in [3.63, 3.8) is 0 Å². The maximum Gasteiger partial charge on any atom is 0.0406 e. The van der Waals surface area contributed by atoms with Crippen molar-refractivity contribution in [1.29, 1.82) is 0 Å². The van der Waals surface area contributed by atoms with Gasteiger partial charge < -0.3 is 0 Å². The summed E-state index contributed by atoms with van der Waals surface area (Å²) in [6.07, 6.45) is 0. The lowest BCUT2D eigenvalue weighted by molar-refractivity contribution is 1.55. The molecule has 2 rings (SSSR count). The van der Waals surface area contributed by atoms with Crippen LogP contribution < -0.4 is 0 Å². The minimum atomic E-state index is 0.719. The average Bonchev–Trinajstić information content (AvgIpc) is 2.39. The monoisotopic (exact) mass is 338 g/mol. The molecule has 0 aliphatic rings. The highest BCUT2D eigenvalue weighted by atomic mass is 79.9. The van der Waals surface area contributed by atoms with E-state index in [1.165, 1.54) is 0 Å². The minimum Gasteiger partial charge on any atom is -0.104 e. The van der Waals surface area contributed by atoms with Gasteiger partial charge >= 0.3 is 0 Å².